The predicted octanol–water partition coefficient (Wildman–Crippen LogP) is 0.269. The Balaban J connectivity index is 1.75. The molecule has 1 unspecified atom stereocenters. The molecule has 0 aromatic heterocycles. The first-order valence-corrected chi connectivity index (χ1v) is 8.14. The Morgan fingerprint density at radius 2 is 1.80 bits per heavy atom. The normalized spacial score (nSPS) is 23.6. The standard InChI is InChI=1S/C15H30N4O/c1-4-13(5-2)17-15(20)12(3)18-6-8-19(9-7-18)14-10-16-11-14/h12-14,16H,4-11H2,1-3H3,(H,17,20). The molecule has 2 N–H and O–H groups in total. The Hall–Kier alpha value is -0.650. The second-order valence-electron chi connectivity index (χ2n) is 6.08. The van der Waals surface area contributed by atoms with Crippen LogP contribution in [0.1, 0.15) is 33.6 Å². The van der Waals surface area contributed by atoms with Crippen molar-refractivity contribution in [1.29, 1.82) is 0 Å². The van der Waals surface area contributed by atoms with Crippen molar-refractivity contribution in [2.24, 2.45) is 0 Å². The third-order valence-corrected chi connectivity index (χ3v) is 4.88. The number of hydrogen-bond acceptors (Lipinski definition) is 4. The minimum atomic E-state index is -0.00253. The Labute approximate surface area is 123 Å². The summed E-state index contributed by atoms with van der Waals surface area (Å²) < 4.78 is 0. The molecule has 0 saturated carbocycles. The minimum Gasteiger partial charge on any atom is -0.352 e. The predicted molar refractivity (Wildman–Crippen MR) is 81.8 cm³/mol. The zero-order chi connectivity index (χ0) is 14.5. The fourth-order valence-electron chi connectivity index (χ4n) is 3.00. The van der Waals surface area contributed by atoms with Gasteiger partial charge in [-0.25, -0.2) is 0 Å². The van der Waals surface area contributed by atoms with Crippen LogP contribution < -0.4 is 10.6 Å². The molecule has 1 atom stereocenters. The third kappa shape index (κ3) is 3.71. The molecule has 0 aromatic rings. The van der Waals surface area contributed by atoms with E-state index in [0.29, 0.717) is 6.04 Å². The lowest BCUT2D eigenvalue weighted by atomic mass is 10.1. The molecule has 2 aliphatic heterocycles. The maximum atomic E-state index is 12.3. The summed E-state index contributed by atoms with van der Waals surface area (Å²) in [5.74, 6) is 0.192. The first-order chi connectivity index (χ1) is 9.65. The van der Waals surface area contributed by atoms with Crippen LogP contribution in [0.15, 0.2) is 0 Å². The van der Waals surface area contributed by atoms with Gasteiger partial charge in [-0.3, -0.25) is 14.6 Å². The second kappa shape index (κ2) is 7.38. The highest BCUT2D eigenvalue weighted by atomic mass is 16.2. The quantitative estimate of drug-likeness (QED) is 0.734. The molecule has 1 amide bonds. The number of rotatable bonds is 6. The highest BCUT2D eigenvalue weighted by Gasteiger charge is 2.31. The van der Waals surface area contributed by atoms with Crippen LogP contribution in [0, 0.1) is 0 Å². The van der Waals surface area contributed by atoms with E-state index in [9.17, 15) is 4.79 Å². The number of nitrogens with one attached hydrogen (secondary N) is 2. The van der Waals surface area contributed by atoms with Gasteiger partial charge in [0.2, 0.25) is 5.91 Å². The molecule has 2 aliphatic rings. The lowest BCUT2D eigenvalue weighted by Crippen LogP contribution is -2.63. The molecule has 2 heterocycles. The number of hydrogen-bond donors (Lipinski definition) is 2. The molecule has 5 heteroatoms. The molecule has 0 radical (unpaired) electrons. The molecule has 2 saturated heterocycles. The van der Waals surface area contributed by atoms with E-state index in [4.69, 9.17) is 0 Å². The highest BCUT2D eigenvalue weighted by Crippen LogP contribution is 2.12. The van der Waals surface area contributed by atoms with Crippen molar-refractivity contribution in [1.82, 2.24) is 20.4 Å². The molecule has 2 rings (SSSR count). The van der Waals surface area contributed by atoms with E-state index in [-0.39, 0.29) is 11.9 Å². The van der Waals surface area contributed by atoms with Gasteiger partial charge in [0.1, 0.15) is 0 Å². The van der Waals surface area contributed by atoms with Crippen LogP contribution in [0.25, 0.3) is 0 Å². The summed E-state index contributed by atoms with van der Waals surface area (Å²) >= 11 is 0. The second-order valence-corrected chi connectivity index (χ2v) is 6.08. The van der Waals surface area contributed by atoms with E-state index < -0.39 is 0 Å². The molecule has 0 bridgehead atoms. The summed E-state index contributed by atoms with van der Waals surface area (Å²) in [7, 11) is 0. The minimum absolute atomic E-state index is 0.00253. The zero-order valence-electron chi connectivity index (χ0n) is 13.2. The number of piperazine rings is 1. The molecular weight excluding hydrogens is 252 g/mol. The summed E-state index contributed by atoms with van der Waals surface area (Å²) in [5, 5.41) is 6.49. The SMILES string of the molecule is CCC(CC)NC(=O)C(C)N1CCN(C2CNC2)CC1. The first-order valence-electron chi connectivity index (χ1n) is 8.14. The molecular formula is C15H30N4O. The average Bonchev–Trinajstić information content (AvgIpc) is 2.42. The van der Waals surface area contributed by atoms with Gasteiger partial charge < -0.3 is 10.6 Å². The highest BCUT2D eigenvalue weighted by molar-refractivity contribution is 5.81. The van der Waals surface area contributed by atoms with Crippen molar-refractivity contribution in [2.45, 2.75) is 51.7 Å². The van der Waals surface area contributed by atoms with Gasteiger partial charge in [-0.2, -0.15) is 0 Å². The Morgan fingerprint density at radius 1 is 1.20 bits per heavy atom. The van der Waals surface area contributed by atoms with Crippen molar-refractivity contribution in [3.8, 4) is 0 Å². The lowest BCUT2D eigenvalue weighted by molar-refractivity contribution is -0.127. The molecule has 0 aliphatic carbocycles. The van der Waals surface area contributed by atoms with E-state index >= 15 is 0 Å². The first kappa shape index (κ1) is 15.7. The summed E-state index contributed by atoms with van der Waals surface area (Å²) in [6.45, 7) is 12.8. The molecule has 2 fully saturated rings. The average molecular weight is 282 g/mol. The maximum absolute atomic E-state index is 12.3. The Kier molecular flexibility index (Phi) is 5.81. The summed E-state index contributed by atoms with van der Waals surface area (Å²) in [5.41, 5.74) is 0. The molecule has 5 nitrogen and oxygen atoms in total. The zero-order valence-corrected chi connectivity index (χ0v) is 13.2. The van der Waals surface area contributed by atoms with E-state index in [2.05, 4.69) is 34.3 Å². The van der Waals surface area contributed by atoms with Gasteiger partial charge in [0.15, 0.2) is 0 Å². The van der Waals surface area contributed by atoms with Gasteiger partial charge >= 0.3 is 0 Å². The van der Waals surface area contributed by atoms with Gasteiger partial charge in [0, 0.05) is 51.4 Å². The number of carbonyl (C=O) groups is 1. The van der Waals surface area contributed by atoms with Crippen molar-refractivity contribution < 1.29 is 4.79 Å². The largest absolute Gasteiger partial charge is 0.352 e. The monoisotopic (exact) mass is 282 g/mol. The lowest BCUT2D eigenvalue weighted by Gasteiger charge is -2.44. The van der Waals surface area contributed by atoms with Crippen LogP contribution in [0.2, 0.25) is 0 Å². The van der Waals surface area contributed by atoms with E-state index in [1.165, 1.54) is 0 Å². The van der Waals surface area contributed by atoms with Gasteiger partial charge in [0.25, 0.3) is 0 Å². The molecule has 116 valence electrons. The van der Waals surface area contributed by atoms with Crippen LogP contribution in [0.4, 0.5) is 0 Å². The maximum Gasteiger partial charge on any atom is 0.237 e. The van der Waals surface area contributed by atoms with Gasteiger partial charge in [0.05, 0.1) is 6.04 Å². The van der Waals surface area contributed by atoms with Crippen LogP contribution >= 0.6 is 0 Å². The fourth-order valence-corrected chi connectivity index (χ4v) is 3.00. The van der Waals surface area contributed by atoms with Gasteiger partial charge in [-0.15, -0.1) is 0 Å². The van der Waals surface area contributed by atoms with E-state index in [1.807, 2.05) is 6.92 Å². The fraction of sp³-hybridized carbons (Fsp3) is 0.933. The van der Waals surface area contributed by atoms with Gasteiger partial charge in [-0.1, -0.05) is 13.8 Å². The van der Waals surface area contributed by atoms with Crippen molar-refractivity contribution >= 4 is 5.91 Å². The number of carbonyl (C=O) groups excluding carboxylic acids is 1. The summed E-state index contributed by atoms with van der Waals surface area (Å²) in [4.78, 5) is 17.2. The van der Waals surface area contributed by atoms with Crippen LogP contribution in [-0.4, -0.2) is 73.1 Å². The van der Waals surface area contributed by atoms with Crippen molar-refractivity contribution in [3.05, 3.63) is 0 Å². The molecule has 20 heavy (non-hydrogen) atoms. The Morgan fingerprint density at radius 3 is 2.25 bits per heavy atom. The van der Waals surface area contributed by atoms with Gasteiger partial charge in [-0.05, 0) is 19.8 Å². The number of amides is 1. The van der Waals surface area contributed by atoms with Crippen LogP contribution in [-0.2, 0) is 4.79 Å². The van der Waals surface area contributed by atoms with Crippen molar-refractivity contribution in [2.75, 3.05) is 39.3 Å². The van der Waals surface area contributed by atoms with E-state index in [1.54, 1.807) is 0 Å². The molecule has 0 aromatic carbocycles. The topological polar surface area (TPSA) is 47.6 Å². The summed E-state index contributed by atoms with van der Waals surface area (Å²) in [6, 6.07) is 1.05. The molecule has 0 spiro atoms. The summed E-state index contributed by atoms with van der Waals surface area (Å²) in [6.07, 6.45) is 2.02. The van der Waals surface area contributed by atoms with Crippen LogP contribution in [0.3, 0.4) is 0 Å². The number of nitrogens with zero attached hydrogens (tertiary/aromatic N) is 2. The smallest absolute Gasteiger partial charge is 0.237 e. The van der Waals surface area contributed by atoms with Crippen molar-refractivity contribution in [3.63, 3.8) is 0 Å². The van der Waals surface area contributed by atoms with Crippen LogP contribution in [0.5, 0.6) is 0 Å². The third-order valence-electron chi connectivity index (χ3n) is 4.88. The van der Waals surface area contributed by atoms with E-state index in [0.717, 1.165) is 58.2 Å². The Bertz CT molecular complexity index is 307.